The van der Waals surface area contributed by atoms with Crippen molar-refractivity contribution in [3.63, 3.8) is 0 Å². The normalized spacial score (nSPS) is 19.3. The summed E-state index contributed by atoms with van der Waals surface area (Å²) in [7, 11) is -1.13. The van der Waals surface area contributed by atoms with Gasteiger partial charge in [-0.15, -0.1) is 0 Å². The molecule has 1 fully saturated rings. The lowest BCUT2D eigenvalue weighted by molar-refractivity contribution is -0.134. The lowest BCUT2D eigenvalue weighted by Gasteiger charge is -2.43. The number of hydrogen-bond donors (Lipinski definition) is 0. The second-order valence-electron chi connectivity index (χ2n) is 8.32. The van der Waals surface area contributed by atoms with Crippen LogP contribution in [0.1, 0.15) is 27.2 Å². The largest absolute Gasteiger partial charge is 0.466 e. The smallest absolute Gasteiger partial charge is 0.330 e. The number of carbonyl (C=O) groups is 1. The van der Waals surface area contributed by atoms with E-state index in [-0.39, 0.29) is 23.2 Å². The van der Waals surface area contributed by atoms with Gasteiger partial charge in [-0.3, -0.25) is 0 Å². The highest BCUT2D eigenvalue weighted by molar-refractivity contribution is 6.99. The highest BCUT2D eigenvalue weighted by Gasteiger charge is 2.50. The van der Waals surface area contributed by atoms with Crippen molar-refractivity contribution < 1.29 is 18.7 Å². The van der Waals surface area contributed by atoms with Gasteiger partial charge in [0.1, 0.15) is 6.10 Å². The van der Waals surface area contributed by atoms with E-state index < -0.39 is 8.32 Å². The van der Waals surface area contributed by atoms with Crippen LogP contribution in [0.4, 0.5) is 0 Å². The fourth-order valence-corrected chi connectivity index (χ4v) is 8.47. The minimum absolute atomic E-state index is 0.0307. The van der Waals surface area contributed by atoms with Gasteiger partial charge in [0.25, 0.3) is 8.32 Å². The lowest BCUT2D eigenvalue weighted by Crippen LogP contribution is -2.66. The van der Waals surface area contributed by atoms with E-state index in [1.54, 1.807) is 6.08 Å². The van der Waals surface area contributed by atoms with Gasteiger partial charge >= 0.3 is 5.97 Å². The SMILES string of the molecule is COC(=O)/C=C\C1OC1CCO[Si](c1ccccc1)(c1ccccc1)C(C)(C)C. The zero-order valence-corrected chi connectivity index (χ0v) is 18.6. The standard InChI is InChI=1S/C24H30O4Si/c1-24(2,3)29(19-11-7-5-8-12-19,20-13-9-6-10-14-20)27-18-17-22-21(28-22)15-16-23(25)26-4/h5-16,21-22H,17-18H2,1-4H3/b16-15-. The summed E-state index contributed by atoms with van der Waals surface area (Å²) in [5, 5.41) is 2.51. The molecular weight excluding hydrogens is 380 g/mol. The molecule has 2 aromatic rings. The molecule has 5 heteroatoms. The Morgan fingerprint density at radius 3 is 2.07 bits per heavy atom. The second kappa shape index (κ2) is 9.07. The molecule has 29 heavy (non-hydrogen) atoms. The lowest BCUT2D eigenvalue weighted by atomic mass is 10.2. The van der Waals surface area contributed by atoms with Gasteiger partial charge in [0.2, 0.25) is 0 Å². The molecule has 0 aromatic heterocycles. The molecule has 1 aliphatic heterocycles. The van der Waals surface area contributed by atoms with Crippen LogP contribution in [0.15, 0.2) is 72.8 Å². The Morgan fingerprint density at radius 1 is 1.03 bits per heavy atom. The molecular formula is C24H30O4Si. The Balaban J connectivity index is 1.78. The van der Waals surface area contributed by atoms with Crippen molar-refractivity contribution in [2.75, 3.05) is 13.7 Å². The molecule has 0 saturated carbocycles. The van der Waals surface area contributed by atoms with Gasteiger partial charge in [-0.05, 0) is 27.9 Å². The number of epoxide rings is 1. The average Bonchev–Trinajstić information content (AvgIpc) is 3.48. The second-order valence-corrected chi connectivity index (χ2v) is 12.6. The van der Waals surface area contributed by atoms with Gasteiger partial charge < -0.3 is 13.9 Å². The summed E-state index contributed by atoms with van der Waals surface area (Å²) >= 11 is 0. The zero-order valence-electron chi connectivity index (χ0n) is 17.6. The average molecular weight is 411 g/mol. The van der Waals surface area contributed by atoms with Crippen LogP contribution in [0.3, 0.4) is 0 Å². The summed E-state index contributed by atoms with van der Waals surface area (Å²) in [5.41, 5.74) is 0. The first-order chi connectivity index (χ1) is 13.9. The van der Waals surface area contributed by atoms with E-state index in [1.165, 1.54) is 23.6 Å². The maximum atomic E-state index is 11.2. The first-order valence-corrected chi connectivity index (χ1v) is 12.0. The molecule has 1 saturated heterocycles. The van der Waals surface area contributed by atoms with E-state index in [2.05, 4.69) is 74.0 Å². The Morgan fingerprint density at radius 2 is 1.59 bits per heavy atom. The maximum absolute atomic E-state index is 11.2. The fraction of sp³-hybridized carbons (Fsp3) is 0.375. The van der Waals surface area contributed by atoms with Crippen LogP contribution in [-0.2, 0) is 18.7 Å². The molecule has 0 spiro atoms. The van der Waals surface area contributed by atoms with E-state index in [1.807, 2.05) is 12.1 Å². The van der Waals surface area contributed by atoms with E-state index in [4.69, 9.17) is 9.16 Å². The third kappa shape index (κ3) is 4.86. The van der Waals surface area contributed by atoms with Gasteiger partial charge in [0.05, 0.1) is 13.2 Å². The number of ether oxygens (including phenoxy) is 2. The van der Waals surface area contributed by atoms with Crippen LogP contribution in [0.5, 0.6) is 0 Å². The number of carbonyl (C=O) groups excluding carboxylic acids is 1. The first kappa shape index (κ1) is 21.5. The van der Waals surface area contributed by atoms with Crippen LogP contribution in [-0.4, -0.2) is 40.2 Å². The quantitative estimate of drug-likeness (QED) is 0.289. The van der Waals surface area contributed by atoms with Crippen molar-refractivity contribution in [2.45, 2.75) is 44.4 Å². The third-order valence-electron chi connectivity index (χ3n) is 5.38. The number of benzene rings is 2. The number of hydrogen-bond acceptors (Lipinski definition) is 4. The molecule has 0 radical (unpaired) electrons. The predicted octanol–water partition coefficient (Wildman–Crippen LogP) is 3.45. The molecule has 154 valence electrons. The van der Waals surface area contributed by atoms with Gasteiger partial charge in [-0.25, -0.2) is 4.79 Å². The van der Waals surface area contributed by atoms with Crippen molar-refractivity contribution in [3.05, 3.63) is 72.8 Å². The Hall–Kier alpha value is -2.21. The topological polar surface area (TPSA) is 48.1 Å². The molecule has 0 bridgehead atoms. The van der Waals surface area contributed by atoms with Crippen LogP contribution in [0.2, 0.25) is 5.04 Å². The van der Waals surface area contributed by atoms with Crippen molar-refractivity contribution >= 4 is 24.7 Å². The summed E-state index contributed by atoms with van der Waals surface area (Å²) in [6, 6.07) is 21.2. The molecule has 4 nitrogen and oxygen atoms in total. The number of esters is 1. The first-order valence-electron chi connectivity index (χ1n) is 10.0. The summed E-state index contributed by atoms with van der Waals surface area (Å²) in [4.78, 5) is 11.2. The van der Waals surface area contributed by atoms with Gasteiger partial charge in [-0.1, -0.05) is 81.4 Å². The predicted molar refractivity (Wildman–Crippen MR) is 118 cm³/mol. The Bertz CT molecular complexity index is 787. The highest BCUT2D eigenvalue weighted by Crippen LogP contribution is 2.37. The maximum Gasteiger partial charge on any atom is 0.330 e. The fourth-order valence-electron chi connectivity index (χ4n) is 3.89. The van der Waals surface area contributed by atoms with Gasteiger partial charge in [-0.2, -0.15) is 0 Å². The van der Waals surface area contributed by atoms with Crippen LogP contribution < -0.4 is 10.4 Å². The monoisotopic (exact) mass is 410 g/mol. The summed E-state index contributed by atoms with van der Waals surface area (Å²) in [5.74, 6) is -0.359. The molecule has 1 aliphatic rings. The summed E-state index contributed by atoms with van der Waals surface area (Å²) < 4.78 is 17.1. The van der Waals surface area contributed by atoms with Gasteiger partial charge in [0.15, 0.2) is 0 Å². The minimum Gasteiger partial charge on any atom is -0.466 e. The van der Waals surface area contributed by atoms with Crippen molar-refractivity contribution in [1.82, 2.24) is 0 Å². The molecule has 3 rings (SSSR count). The minimum atomic E-state index is -2.50. The van der Waals surface area contributed by atoms with Crippen LogP contribution in [0, 0.1) is 0 Å². The molecule has 2 unspecified atom stereocenters. The molecule has 1 heterocycles. The molecule has 0 amide bonds. The third-order valence-corrected chi connectivity index (χ3v) is 10.4. The Kier molecular flexibility index (Phi) is 6.73. The number of rotatable bonds is 8. The van der Waals surface area contributed by atoms with E-state index in [0.717, 1.165) is 6.42 Å². The van der Waals surface area contributed by atoms with Crippen LogP contribution >= 0.6 is 0 Å². The van der Waals surface area contributed by atoms with Crippen molar-refractivity contribution in [3.8, 4) is 0 Å². The highest BCUT2D eigenvalue weighted by atomic mass is 28.4. The molecule has 0 aliphatic carbocycles. The molecule has 0 N–H and O–H groups in total. The van der Waals surface area contributed by atoms with E-state index >= 15 is 0 Å². The van der Waals surface area contributed by atoms with E-state index in [9.17, 15) is 4.79 Å². The molecule has 2 atom stereocenters. The Labute approximate surface area is 174 Å². The molecule has 2 aromatic carbocycles. The number of methoxy groups -OCH3 is 1. The summed E-state index contributed by atoms with van der Waals surface area (Å²) in [6.07, 6.45) is 4.04. The van der Waals surface area contributed by atoms with Crippen LogP contribution in [0.25, 0.3) is 0 Å². The zero-order chi connectivity index (χ0) is 20.9. The van der Waals surface area contributed by atoms with Crippen molar-refractivity contribution in [2.24, 2.45) is 0 Å². The summed E-state index contributed by atoms with van der Waals surface area (Å²) in [6.45, 7) is 7.43. The van der Waals surface area contributed by atoms with E-state index in [0.29, 0.717) is 6.61 Å². The van der Waals surface area contributed by atoms with Gasteiger partial charge in [0, 0.05) is 12.7 Å². The van der Waals surface area contributed by atoms with Crippen molar-refractivity contribution in [1.29, 1.82) is 0 Å².